The lowest BCUT2D eigenvalue weighted by Gasteiger charge is -2.40. The van der Waals surface area contributed by atoms with Crippen LogP contribution in [0.5, 0.6) is 5.75 Å². The molecule has 1 fully saturated rings. The molecule has 150 valence electrons. The van der Waals surface area contributed by atoms with E-state index in [1.807, 2.05) is 0 Å². The third-order valence-corrected chi connectivity index (χ3v) is 5.29. The number of likely N-dealkylation sites (tertiary alicyclic amines) is 1. The number of hydrogen-bond donors (Lipinski definition) is 1. The molecular weight excluding hydrogens is 393 g/mol. The van der Waals surface area contributed by atoms with E-state index in [9.17, 15) is 14.7 Å². The summed E-state index contributed by atoms with van der Waals surface area (Å²) in [5.41, 5.74) is 0.104. The van der Waals surface area contributed by atoms with Crippen LogP contribution in [0.15, 0.2) is 12.1 Å². The van der Waals surface area contributed by atoms with E-state index in [2.05, 4.69) is 0 Å². The standard InChI is InChI=1S/C19H25Cl2NO5/c1-19(2,3)27-18(25)22-8-7-11(9-12(22)10-15(23)24)16-14(26-4)6-5-13(20)17(16)21/h5-6,11-12H,7-10H2,1-4H3,(H,23,24)/t11-,12+/m1/s1. The molecule has 0 aliphatic carbocycles. The summed E-state index contributed by atoms with van der Waals surface area (Å²) in [4.78, 5) is 25.4. The Bertz CT molecular complexity index is 717. The van der Waals surface area contributed by atoms with Crippen molar-refractivity contribution < 1.29 is 24.2 Å². The van der Waals surface area contributed by atoms with Gasteiger partial charge in [0, 0.05) is 18.2 Å². The summed E-state index contributed by atoms with van der Waals surface area (Å²) in [6.45, 7) is 5.70. The maximum atomic E-state index is 12.5. The summed E-state index contributed by atoms with van der Waals surface area (Å²) in [5, 5.41) is 10.1. The van der Waals surface area contributed by atoms with Crippen LogP contribution in [0.1, 0.15) is 51.5 Å². The van der Waals surface area contributed by atoms with Gasteiger partial charge in [-0.1, -0.05) is 23.2 Å². The molecule has 0 saturated carbocycles. The highest BCUT2D eigenvalue weighted by molar-refractivity contribution is 6.42. The van der Waals surface area contributed by atoms with E-state index in [-0.39, 0.29) is 12.3 Å². The van der Waals surface area contributed by atoms with Crippen LogP contribution in [0.4, 0.5) is 4.79 Å². The molecule has 0 bridgehead atoms. The third-order valence-electron chi connectivity index (χ3n) is 4.47. The van der Waals surface area contributed by atoms with Crippen molar-refractivity contribution >= 4 is 35.3 Å². The number of carbonyl (C=O) groups is 2. The van der Waals surface area contributed by atoms with Gasteiger partial charge in [-0.3, -0.25) is 4.79 Å². The predicted molar refractivity (Wildman–Crippen MR) is 104 cm³/mol. The minimum absolute atomic E-state index is 0.0748. The number of piperidine rings is 1. The van der Waals surface area contributed by atoms with E-state index in [1.54, 1.807) is 40.0 Å². The van der Waals surface area contributed by atoms with E-state index in [1.165, 1.54) is 4.90 Å². The van der Waals surface area contributed by atoms with Gasteiger partial charge >= 0.3 is 12.1 Å². The van der Waals surface area contributed by atoms with Crippen molar-refractivity contribution in [3.63, 3.8) is 0 Å². The van der Waals surface area contributed by atoms with Crippen molar-refractivity contribution in [3.8, 4) is 5.75 Å². The monoisotopic (exact) mass is 417 g/mol. The third kappa shape index (κ3) is 5.42. The van der Waals surface area contributed by atoms with Gasteiger partial charge in [0.05, 0.1) is 23.6 Å². The zero-order chi connectivity index (χ0) is 20.4. The zero-order valence-corrected chi connectivity index (χ0v) is 17.4. The average molecular weight is 418 g/mol. The second-order valence-corrected chi connectivity index (χ2v) is 8.41. The quantitative estimate of drug-likeness (QED) is 0.748. The molecule has 0 unspecified atom stereocenters. The molecule has 1 saturated heterocycles. The average Bonchev–Trinajstić information content (AvgIpc) is 2.54. The SMILES string of the molecule is COc1ccc(Cl)c(Cl)c1[C@@H]1CCN(C(=O)OC(C)(C)C)[C@H](CC(=O)O)C1. The van der Waals surface area contributed by atoms with Crippen LogP contribution < -0.4 is 4.74 Å². The summed E-state index contributed by atoms with van der Waals surface area (Å²) < 4.78 is 10.9. The van der Waals surface area contributed by atoms with E-state index in [0.29, 0.717) is 35.2 Å². The number of carboxylic acid groups (broad SMARTS) is 1. The summed E-state index contributed by atoms with van der Waals surface area (Å²) in [6.07, 6.45) is 0.362. The van der Waals surface area contributed by atoms with Crippen molar-refractivity contribution in [1.82, 2.24) is 4.90 Å². The molecule has 0 aromatic heterocycles. The van der Waals surface area contributed by atoms with Crippen LogP contribution in [0.3, 0.4) is 0 Å². The molecular formula is C19H25Cl2NO5. The molecule has 6 nitrogen and oxygen atoms in total. The maximum Gasteiger partial charge on any atom is 0.410 e. The molecule has 27 heavy (non-hydrogen) atoms. The summed E-state index contributed by atoms with van der Waals surface area (Å²) in [6, 6.07) is 2.91. The number of amides is 1. The number of methoxy groups -OCH3 is 1. The van der Waals surface area contributed by atoms with Gasteiger partial charge < -0.3 is 19.5 Å². The van der Waals surface area contributed by atoms with Crippen molar-refractivity contribution in [2.24, 2.45) is 0 Å². The number of nitrogens with zero attached hydrogens (tertiary/aromatic N) is 1. The second-order valence-electron chi connectivity index (χ2n) is 7.62. The van der Waals surface area contributed by atoms with Crippen LogP contribution >= 0.6 is 23.2 Å². The first-order valence-corrected chi connectivity index (χ1v) is 9.52. The maximum absolute atomic E-state index is 12.5. The fourth-order valence-corrected chi connectivity index (χ4v) is 3.85. The molecule has 2 rings (SSSR count). The fourth-order valence-electron chi connectivity index (χ4n) is 3.38. The number of carbonyl (C=O) groups excluding carboxylic acids is 1. The molecule has 2 atom stereocenters. The number of carboxylic acids is 1. The molecule has 1 aromatic rings. The highest BCUT2D eigenvalue weighted by Crippen LogP contribution is 2.44. The van der Waals surface area contributed by atoms with Crippen molar-refractivity contribution in [1.29, 1.82) is 0 Å². The van der Waals surface area contributed by atoms with E-state index >= 15 is 0 Å². The molecule has 0 radical (unpaired) electrons. The van der Waals surface area contributed by atoms with Gasteiger partial charge in [0.15, 0.2) is 0 Å². The Morgan fingerprint density at radius 1 is 1.30 bits per heavy atom. The van der Waals surface area contributed by atoms with Crippen LogP contribution in [0.2, 0.25) is 10.0 Å². The molecule has 1 aliphatic rings. The van der Waals surface area contributed by atoms with Gasteiger partial charge in [0.25, 0.3) is 0 Å². The lowest BCUT2D eigenvalue weighted by Crippen LogP contribution is -2.48. The van der Waals surface area contributed by atoms with Gasteiger partial charge in [-0.25, -0.2) is 4.79 Å². The van der Waals surface area contributed by atoms with Crippen LogP contribution in [0, 0.1) is 0 Å². The summed E-state index contributed by atoms with van der Waals surface area (Å²) >= 11 is 12.6. The Labute approximate surface area is 169 Å². The number of halogens is 2. The van der Waals surface area contributed by atoms with Gasteiger partial charge in [0.1, 0.15) is 11.4 Å². The number of rotatable bonds is 4. The number of ether oxygens (including phenoxy) is 2. The molecule has 1 N–H and O–H groups in total. The number of hydrogen-bond acceptors (Lipinski definition) is 4. The molecule has 1 aliphatic heterocycles. The van der Waals surface area contributed by atoms with E-state index < -0.39 is 23.7 Å². The Hall–Kier alpha value is -1.66. The number of benzene rings is 1. The fraction of sp³-hybridized carbons (Fsp3) is 0.579. The van der Waals surface area contributed by atoms with Gasteiger partial charge in [-0.15, -0.1) is 0 Å². The molecule has 1 amide bonds. The van der Waals surface area contributed by atoms with Crippen LogP contribution in [0.25, 0.3) is 0 Å². The van der Waals surface area contributed by atoms with Crippen molar-refractivity contribution in [2.45, 2.75) is 57.6 Å². The summed E-state index contributed by atoms with van der Waals surface area (Å²) in [5.74, 6) is -0.443. The Morgan fingerprint density at radius 3 is 2.52 bits per heavy atom. The highest BCUT2D eigenvalue weighted by atomic mass is 35.5. The lowest BCUT2D eigenvalue weighted by molar-refractivity contribution is -0.138. The van der Waals surface area contributed by atoms with E-state index in [0.717, 1.165) is 5.56 Å². The van der Waals surface area contributed by atoms with Crippen molar-refractivity contribution in [3.05, 3.63) is 27.7 Å². The minimum atomic E-state index is -0.974. The predicted octanol–water partition coefficient (Wildman–Crippen LogP) is 4.96. The zero-order valence-electron chi connectivity index (χ0n) is 15.9. The highest BCUT2D eigenvalue weighted by Gasteiger charge is 2.37. The first-order valence-electron chi connectivity index (χ1n) is 8.76. The number of aliphatic carboxylic acids is 1. The first-order chi connectivity index (χ1) is 12.5. The lowest BCUT2D eigenvalue weighted by atomic mass is 9.84. The van der Waals surface area contributed by atoms with E-state index in [4.69, 9.17) is 32.7 Å². The molecule has 1 heterocycles. The molecule has 1 aromatic carbocycles. The normalized spacial score (nSPS) is 20.3. The summed E-state index contributed by atoms with van der Waals surface area (Å²) in [7, 11) is 1.55. The van der Waals surface area contributed by atoms with Crippen LogP contribution in [-0.2, 0) is 9.53 Å². The van der Waals surface area contributed by atoms with Crippen molar-refractivity contribution in [2.75, 3.05) is 13.7 Å². The Balaban J connectivity index is 2.30. The topological polar surface area (TPSA) is 76.1 Å². The minimum Gasteiger partial charge on any atom is -0.496 e. The van der Waals surface area contributed by atoms with Gasteiger partial charge in [0.2, 0.25) is 0 Å². The molecule has 8 heteroatoms. The largest absolute Gasteiger partial charge is 0.496 e. The molecule has 0 spiro atoms. The smallest absolute Gasteiger partial charge is 0.410 e. The Kier molecular flexibility index (Phi) is 6.87. The van der Waals surface area contributed by atoms with Gasteiger partial charge in [-0.2, -0.15) is 0 Å². The van der Waals surface area contributed by atoms with Gasteiger partial charge in [-0.05, 0) is 51.7 Å². The Morgan fingerprint density at radius 2 is 1.96 bits per heavy atom. The first kappa shape index (κ1) is 21.6. The second kappa shape index (κ2) is 8.57. The van der Waals surface area contributed by atoms with Crippen LogP contribution in [-0.4, -0.2) is 47.4 Å².